The highest BCUT2D eigenvalue weighted by molar-refractivity contribution is 5.79. The Morgan fingerprint density at radius 2 is 1.61 bits per heavy atom. The van der Waals surface area contributed by atoms with E-state index in [1.807, 2.05) is 55.1 Å². The van der Waals surface area contributed by atoms with Crippen LogP contribution >= 0.6 is 0 Å². The summed E-state index contributed by atoms with van der Waals surface area (Å²) in [6.07, 6.45) is 16.4. The van der Waals surface area contributed by atoms with Gasteiger partial charge >= 0.3 is 0 Å². The minimum Gasteiger partial charge on any atom is -0.380 e. The molecule has 6 rings (SSSR count). The molecule has 3 aromatic heterocycles. The van der Waals surface area contributed by atoms with Crippen molar-refractivity contribution in [1.29, 1.82) is 0 Å². The molecule has 0 N–H and O–H groups in total. The van der Waals surface area contributed by atoms with Crippen molar-refractivity contribution in [3.63, 3.8) is 0 Å². The van der Waals surface area contributed by atoms with Gasteiger partial charge in [-0.15, -0.1) is 0 Å². The zero-order chi connectivity index (χ0) is 26.1. The molecule has 1 aliphatic heterocycles. The Morgan fingerprint density at radius 3 is 2.32 bits per heavy atom. The van der Waals surface area contributed by atoms with E-state index in [0.717, 1.165) is 73.0 Å². The molecular weight excluding hydrogens is 478 g/mol. The second-order valence-corrected chi connectivity index (χ2v) is 10.4. The SMILES string of the molecule is CO[C@@H]1CCN(C(=O)C2CCC(n3cc(-c4cnc(-c5cccc(-c6cnn(C)c6)c5)nc4)cn3)CC2)C1. The van der Waals surface area contributed by atoms with Crippen molar-refractivity contribution < 1.29 is 9.53 Å². The molecule has 1 aromatic carbocycles. The maximum Gasteiger partial charge on any atom is 0.225 e. The van der Waals surface area contributed by atoms with Crippen LogP contribution in [0.2, 0.25) is 0 Å². The number of aromatic nitrogens is 6. The van der Waals surface area contributed by atoms with Crippen LogP contribution in [0.4, 0.5) is 0 Å². The van der Waals surface area contributed by atoms with Gasteiger partial charge in [-0.05, 0) is 43.7 Å². The highest BCUT2D eigenvalue weighted by Gasteiger charge is 2.33. The molecule has 0 bridgehead atoms. The summed E-state index contributed by atoms with van der Waals surface area (Å²) in [5, 5.41) is 8.92. The van der Waals surface area contributed by atoms with Gasteiger partial charge in [0.2, 0.25) is 5.91 Å². The fraction of sp³-hybridized carbons (Fsp3) is 0.414. The highest BCUT2D eigenvalue weighted by atomic mass is 16.5. The summed E-state index contributed by atoms with van der Waals surface area (Å²) in [5.41, 5.74) is 5.05. The molecule has 0 spiro atoms. The van der Waals surface area contributed by atoms with Crippen LogP contribution in [0.5, 0.6) is 0 Å². The molecule has 2 aliphatic rings. The van der Waals surface area contributed by atoms with Gasteiger partial charge < -0.3 is 9.64 Å². The Bertz CT molecular complexity index is 1400. The summed E-state index contributed by atoms with van der Waals surface area (Å²) in [4.78, 5) is 24.2. The van der Waals surface area contributed by atoms with E-state index in [1.54, 1.807) is 11.8 Å². The van der Waals surface area contributed by atoms with E-state index >= 15 is 0 Å². The molecule has 1 atom stereocenters. The molecule has 38 heavy (non-hydrogen) atoms. The van der Waals surface area contributed by atoms with E-state index in [0.29, 0.717) is 17.8 Å². The van der Waals surface area contributed by atoms with Crippen molar-refractivity contribution in [2.45, 2.75) is 44.2 Å². The van der Waals surface area contributed by atoms with Gasteiger partial charge in [0.25, 0.3) is 0 Å². The van der Waals surface area contributed by atoms with Crippen LogP contribution < -0.4 is 0 Å². The number of amides is 1. The second-order valence-electron chi connectivity index (χ2n) is 10.4. The zero-order valence-corrected chi connectivity index (χ0v) is 21.9. The van der Waals surface area contributed by atoms with E-state index in [-0.39, 0.29) is 12.0 Å². The van der Waals surface area contributed by atoms with Crippen LogP contribution in [0.15, 0.2) is 61.4 Å². The maximum atomic E-state index is 12.9. The number of hydrogen-bond acceptors (Lipinski definition) is 6. The maximum absolute atomic E-state index is 12.9. The fourth-order valence-corrected chi connectivity index (χ4v) is 5.69. The quantitative estimate of drug-likeness (QED) is 0.381. The largest absolute Gasteiger partial charge is 0.380 e. The van der Waals surface area contributed by atoms with Crippen LogP contribution in [0, 0.1) is 5.92 Å². The first-order chi connectivity index (χ1) is 18.6. The van der Waals surface area contributed by atoms with E-state index in [9.17, 15) is 4.79 Å². The summed E-state index contributed by atoms with van der Waals surface area (Å²) in [5.74, 6) is 1.10. The minimum atomic E-state index is 0.120. The topological polar surface area (TPSA) is 91.0 Å². The van der Waals surface area contributed by atoms with Gasteiger partial charge in [0.1, 0.15) is 0 Å². The monoisotopic (exact) mass is 511 g/mol. The molecule has 1 saturated carbocycles. The molecule has 2 fully saturated rings. The van der Waals surface area contributed by atoms with Gasteiger partial charge in [0.05, 0.1) is 24.5 Å². The number of carbonyl (C=O) groups is 1. The van der Waals surface area contributed by atoms with Crippen LogP contribution in [0.25, 0.3) is 33.6 Å². The minimum absolute atomic E-state index is 0.120. The summed E-state index contributed by atoms with van der Waals surface area (Å²) in [7, 11) is 3.64. The predicted octanol–water partition coefficient (Wildman–Crippen LogP) is 4.39. The molecule has 9 heteroatoms. The molecule has 1 aliphatic carbocycles. The Hall–Kier alpha value is -3.85. The summed E-state index contributed by atoms with van der Waals surface area (Å²) in [6, 6.07) is 8.50. The first kappa shape index (κ1) is 24.5. The van der Waals surface area contributed by atoms with E-state index in [2.05, 4.69) is 43.2 Å². The van der Waals surface area contributed by atoms with Crippen LogP contribution in [-0.4, -0.2) is 66.6 Å². The average molecular weight is 512 g/mol. The van der Waals surface area contributed by atoms with Gasteiger partial charge in [0.15, 0.2) is 5.82 Å². The van der Waals surface area contributed by atoms with Crippen LogP contribution in [0.3, 0.4) is 0 Å². The molecule has 4 aromatic rings. The normalized spacial score (nSPS) is 21.6. The van der Waals surface area contributed by atoms with Crippen molar-refractivity contribution in [2.75, 3.05) is 20.2 Å². The summed E-state index contributed by atoms with van der Waals surface area (Å²) in [6.45, 7) is 1.55. The molecule has 0 radical (unpaired) electrons. The summed E-state index contributed by atoms with van der Waals surface area (Å²) < 4.78 is 9.28. The predicted molar refractivity (Wildman–Crippen MR) is 144 cm³/mol. The number of carbonyl (C=O) groups excluding carboxylic acids is 1. The third-order valence-corrected chi connectivity index (χ3v) is 7.96. The number of aryl methyl sites for hydroxylation is 1. The molecule has 4 heterocycles. The number of hydrogen-bond donors (Lipinski definition) is 0. The second kappa shape index (κ2) is 10.5. The highest BCUT2D eigenvalue weighted by Crippen LogP contribution is 2.34. The Morgan fingerprint density at radius 1 is 0.868 bits per heavy atom. The zero-order valence-electron chi connectivity index (χ0n) is 21.9. The number of nitrogens with zero attached hydrogens (tertiary/aromatic N) is 7. The van der Waals surface area contributed by atoms with Crippen molar-refractivity contribution in [3.8, 4) is 33.6 Å². The molecule has 0 unspecified atom stereocenters. The van der Waals surface area contributed by atoms with Crippen LogP contribution in [-0.2, 0) is 16.6 Å². The lowest BCUT2D eigenvalue weighted by molar-refractivity contribution is -0.136. The number of likely N-dealkylation sites (tertiary alicyclic amines) is 1. The van der Waals surface area contributed by atoms with Crippen molar-refractivity contribution in [2.24, 2.45) is 13.0 Å². The fourth-order valence-electron chi connectivity index (χ4n) is 5.69. The van der Waals surface area contributed by atoms with Crippen molar-refractivity contribution in [3.05, 3.63) is 61.4 Å². The number of rotatable bonds is 6. The number of benzene rings is 1. The molecule has 1 saturated heterocycles. The molecular formula is C29H33N7O2. The van der Waals surface area contributed by atoms with Gasteiger partial charge in [-0.1, -0.05) is 18.2 Å². The van der Waals surface area contributed by atoms with Gasteiger partial charge in [-0.3, -0.25) is 14.2 Å². The molecule has 9 nitrogen and oxygen atoms in total. The van der Waals surface area contributed by atoms with E-state index in [4.69, 9.17) is 4.74 Å². The number of methoxy groups -OCH3 is 1. The van der Waals surface area contributed by atoms with E-state index < -0.39 is 0 Å². The lowest BCUT2D eigenvalue weighted by atomic mass is 9.85. The lowest BCUT2D eigenvalue weighted by Gasteiger charge is -2.30. The third-order valence-electron chi connectivity index (χ3n) is 7.96. The molecule has 1 amide bonds. The summed E-state index contributed by atoms with van der Waals surface area (Å²) >= 11 is 0. The van der Waals surface area contributed by atoms with Gasteiger partial charge in [0, 0.05) is 80.2 Å². The third kappa shape index (κ3) is 4.98. The first-order valence-corrected chi connectivity index (χ1v) is 13.3. The van der Waals surface area contributed by atoms with E-state index in [1.165, 1.54) is 0 Å². The Kier molecular flexibility index (Phi) is 6.76. The average Bonchev–Trinajstić information content (AvgIpc) is 3.74. The Labute approximate surface area is 222 Å². The van der Waals surface area contributed by atoms with Crippen molar-refractivity contribution >= 4 is 5.91 Å². The standard InChI is InChI=1S/C29H33N7O2/c1-34-17-24(15-32-34)21-4-3-5-22(12-21)28-30-13-23(14-31-28)25-16-33-36(18-25)26-8-6-20(7-9-26)29(37)35-11-10-27(19-35)38-2/h3-5,12-18,20,26-27H,6-11,19H2,1-2H3/t20?,26?,27-/m1/s1. The number of ether oxygens (including phenoxy) is 1. The van der Waals surface area contributed by atoms with Gasteiger partial charge in [-0.25, -0.2) is 9.97 Å². The smallest absolute Gasteiger partial charge is 0.225 e. The molecule has 196 valence electrons. The lowest BCUT2D eigenvalue weighted by Crippen LogP contribution is -2.37. The van der Waals surface area contributed by atoms with Gasteiger partial charge in [-0.2, -0.15) is 10.2 Å². The van der Waals surface area contributed by atoms with Crippen LogP contribution in [0.1, 0.15) is 38.1 Å². The first-order valence-electron chi connectivity index (χ1n) is 13.3. The Balaban J connectivity index is 1.09. The van der Waals surface area contributed by atoms with Crippen molar-refractivity contribution in [1.82, 2.24) is 34.4 Å².